The Kier molecular flexibility index (Phi) is 4.51. The van der Waals surface area contributed by atoms with Gasteiger partial charge >= 0.3 is 0 Å². The molecule has 0 aromatic heterocycles. The van der Waals surface area contributed by atoms with E-state index in [4.69, 9.17) is 17.3 Å². The van der Waals surface area contributed by atoms with Crippen LogP contribution in [0.2, 0.25) is 5.02 Å². The maximum atomic E-state index is 5.96. The van der Waals surface area contributed by atoms with Crippen molar-refractivity contribution in [3.05, 3.63) is 57.5 Å². The highest BCUT2D eigenvalue weighted by Gasteiger charge is 2.04. The predicted molar refractivity (Wildman–Crippen MR) is 77.6 cm³/mol. The highest BCUT2D eigenvalue weighted by molar-refractivity contribution is 9.10. The lowest BCUT2D eigenvalue weighted by atomic mass is 10.2. The Hall–Kier alpha value is -0.480. The lowest BCUT2D eigenvalue weighted by Gasteiger charge is -2.08. The van der Waals surface area contributed by atoms with Gasteiger partial charge in [-0.1, -0.05) is 45.4 Å². The van der Waals surface area contributed by atoms with Crippen molar-refractivity contribution in [2.45, 2.75) is 16.3 Å². The maximum Gasteiger partial charge on any atom is 0.0417 e. The van der Waals surface area contributed by atoms with Crippen LogP contribution in [0.15, 0.2) is 56.7 Å². The standard InChI is InChI=1S/C13H11BrClNS/c14-10-4-5-13(9(6-10)8-16)17-12-3-1-2-11(15)7-12/h1-7H,8,16H2. The SMILES string of the molecule is NCc1cc(Br)ccc1Sc1cccc(Cl)c1. The highest BCUT2D eigenvalue weighted by atomic mass is 79.9. The fourth-order valence-corrected chi connectivity index (χ4v) is 3.12. The lowest BCUT2D eigenvalue weighted by Crippen LogP contribution is -1.98. The normalized spacial score (nSPS) is 10.5. The number of halogens is 2. The van der Waals surface area contributed by atoms with Crippen LogP contribution in [0.4, 0.5) is 0 Å². The van der Waals surface area contributed by atoms with Crippen LogP contribution in [-0.2, 0) is 6.54 Å². The Labute approximate surface area is 118 Å². The van der Waals surface area contributed by atoms with E-state index in [-0.39, 0.29) is 0 Å². The molecule has 0 atom stereocenters. The number of rotatable bonds is 3. The number of benzene rings is 2. The molecule has 88 valence electrons. The van der Waals surface area contributed by atoms with Crippen LogP contribution >= 0.6 is 39.3 Å². The van der Waals surface area contributed by atoms with Crippen LogP contribution in [0.3, 0.4) is 0 Å². The third-order valence-electron chi connectivity index (χ3n) is 2.27. The van der Waals surface area contributed by atoms with Gasteiger partial charge in [-0.3, -0.25) is 0 Å². The van der Waals surface area contributed by atoms with Crippen LogP contribution in [0.1, 0.15) is 5.56 Å². The summed E-state index contributed by atoms with van der Waals surface area (Å²) >= 11 is 11.1. The molecule has 0 amide bonds. The van der Waals surface area contributed by atoms with Gasteiger partial charge in [0, 0.05) is 25.8 Å². The first kappa shape index (κ1) is 13.0. The van der Waals surface area contributed by atoms with Gasteiger partial charge < -0.3 is 5.73 Å². The monoisotopic (exact) mass is 327 g/mol. The summed E-state index contributed by atoms with van der Waals surface area (Å²) in [6.45, 7) is 0.530. The van der Waals surface area contributed by atoms with Crippen molar-refractivity contribution >= 4 is 39.3 Å². The molecule has 0 unspecified atom stereocenters. The molecule has 0 saturated carbocycles. The second-order valence-corrected chi connectivity index (χ2v) is 5.98. The summed E-state index contributed by atoms with van der Waals surface area (Å²) < 4.78 is 1.05. The van der Waals surface area contributed by atoms with E-state index in [9.17, 15) is 0 Å². The van der Waals surface area contributed by atoms with Crippen LogP contribution < -0.4 is 5.73 Å². The summed E-state index contributed by atoms with van der Waals surface area (Å²) in [4.78, 5) is 2.28. The van der Waals surface area contributed by atoms with Gasteiger partial charge in [0.25, 0.3) is 0 Å². The molecule has 0 heterocycles. The van der Waals surface area contributed by atoms with Crippen molar-refractivity contribution in [2.75, 3.05) is 0 Å². The average molecular weight is 329 g/mol. The molecule has 2 rings (SSSR count). The quantitative estimate of drug-likeness (QED) is 0.883. The van der Waals surface area contributed by atoms with Crippen molar-refractivity contribution in [1.82, 2.24) is 0 Å². The first-order valence-electron chi connectivity index (χ1n) is 5.11. The first-order valence-corrected chi connectivity index (χ1v) is 7.09. The van der Waals surface area contributed by atoms with E-state index in [0.29, 0.717) is 6.54 Å². The molecule has 0 bridgehead atoms. The lowest BCUT2D eigenvalue weighted by molar-refractivity contribution is 1.02. The summed E-state index contributed by atoms with van der Waals surface area (Å²) in [5, 5.41) is 0.751. The molecular weight excluding hydrogens is 318 g/mol. The van der Waals surface area contributed by atoms with Crippen molar-refractivity contribution in [1.29, 1.82) is 0 Å². The molecule has 2 aromatic rings. The minimum absolute atomic E-state index is 0.530. The molecule has 2 N–H and O–H groups in total. The van der Waals surface area contributed by atoms with Crippen molar-refractivity contribution < 1.29 is 0 Å². The van der Waals surface area contributed by atoms with Gasteiger partial charge in [0.15, 0.2) is 0 Å². The number of hydrogen-bond acceptors (Lipinski definition) is 2. The fraction of sp³-hybridized carbons (Fsp3) is 0.0769. The fourth-order valence-electron chi connectivity index (χ4n) is 1.46. The third-order valence-corrected chi connectivity index (χ3v) is 4.10. The second-order valence-electron chi connectivity index (χ2n) is 3.52. The maximum absolute atomic E-state index is 5.96. The minimum Gasteiger partial charge on any atom is -0.326 e. The van der Waals surface area contributed by atoms with E-state index in [1.54, 1.807) is 11.8 Å². The zero-order valence-corrected chi connectivity index (χ0v) is 12.1. The van der Waals surface area contributed by atoms with Gasteiger partial charge in [-0.15, -0.1) is 0 Å². The molecule has 0 saturated heterocycles. The van der Waals surface area contributed by atoms with Crippen LogP contribution in [-0.4, -0.2) is 0 Å². The van der Waals surface area contributed by atoms with Gasteiger partial charge in [0.1, 0.15) is 0 Å². The van der Waals surface area contributed by atoms with Gasteiger partial charge in [-0.25, -0.2) is 0 Å². The summed E-state index contributed by atoms with van der Waals surface area (Å²) in [6, 6.07) is 14.0. The molecule has 0 aliphatic heterocycles. The highest BCUT2D eigenvalue weighted by Crippen LogP contribution is 2.32. The minimum atomic E-state index is 0.530. The molecular formula is C13H11BrClNS. The predicted octanol–water partition coefficient (Wildman–Crippen LogP) is 4.71. The van der Waals surface area contributed by atoms with E-state index >= 15 is 0 Å². The molecule has 0 spiro atoms. The van der Waals surface area contributed by atoms with E-state index < -0.39 is 0 Å². The zero-order chi connectivity index (χ0) is 12.3. The Morgan fingerprint density at radius 3 is 2.71 bits per heavy atom. The Balaban J connectivity index is 2.29. The van der Waals surface area contributed by atoms with Gasteiger partial charge in [-0.05, 0) is 42.0 Å². The Morgan fingerprint density at radius 2 is 2.00 bits per heavy atom. The summed E-state index contributed by atoms with van der Waals surface area (Å²) in [7, 11) is 0. The van der Waals surface area contributed by atoms with Crippen LogP contribution in [0.5, 0.6) is 0 Å². The molecule has 0 aliphatic carbocycles. The van der Waals surface area contributed by atoms with Crippen molar-refractivity contribution in [3.8, 4) is 0 Å². The largest absolute Gasteiger partial charge is 0.326 e. The van der Waals surface area contributed by atoms with E-state index in [1.807, 2.05) is 36.4 Å². The number of nitrogens with two attached hydrogens (primary N) is 1. The molecule has 2 aromatic carbocycles. The van der Waals surface area contributed by atoms with E-state index in [1.165, 1.54) is 0 Å². The molecule has 0 radical (unpaired) electrons. The van der Waals surface area contributed by atoms with Gasteiger partial charge in [0.2, 0.25) is 0 Å². The molecule has 4 heteroatoms. The zero-order valence-electron chi connectivity index (χ0n) is 8.99. The smallest absolute Gasteiger partial charge is 0.0417 e. The summed E-state index contributed by atoms with van der Waals surface area (Å²) in [5.74, 6) is 0. The van der Waals surface area contributed by atoms with E-state index in [0.717, 1.165) is 24.8 Å². The topological polar surface area (TPSA) is 26.0 Å². The molecule has 1 nitrogen and oxygen atoms in total. The molecule has 0 fully saturated rings. The van der Waals surface area contributed by atoms with Crippen molar-refractivity contribution in [2.24, 2.45) is 5.73 Å². The van der Waals surface area contributed by atoms with Gasteiger partial charge in [-0.2, -0.15) is 0 Å². The number of hydrogen-bond donors (Lipinski definition) is 1. The third kappa shape index (κ3) is 3.49. The molecule has 0 aliphatic rings. The Morgan fingerprint density at radius 1 is 1.18 bits per heavy atom. The second kappa shape index (κ2) is 5.91. The summed E-state index contributed by atoms with van der Waals surface area (Å²) in [5.41, 5.74) is 6.87. The summed E-state index contributed by atoms with van der Waals surface area (Å²) in [6.07, 6.45) is 0. The van der Waals surface area contributed by atoms with Crippen LogP contribution in [0.25, 0.3) is 0 Å². The van der Waals surface area contributed by atoms with E-state index in [2.05, 4.69) is 22.0 Å². The first-order chi connectivity index (χ1) is 8.19. The van der Waals surface area contributed by atoms with Crippen LogP contribution in [0, 0.1) is 0 Å². The van der Waals surface area contributed by atoms with Gasteiger partial charge in [0.05, 0.1) is 0 Å². The average Bonchev–Trinajstić information content (AvgIpc) is 2.31. The van der Waals surface area contributed by atoms with Crippen molar-refractivity contribution in [3.63, 3.8) is 0 Å². The molecule has 17 heavy (non-hydrogen) atoms. The Bertz CT molecular complexity index is 531.